The van der Waals surface area contributed by atoms with Crippen molar-refractivity contribution >= 4 is 27.5 Å². The first-order chi connectivity index (χ1) is 6.58. The third-order valence-electron chi connectivity index (χ3n) is 2.07. The van der Waals surface area contributed by atoms with Gasteiger partial charge < -0.3 is 0 Å². The van der Waals surface area contributed by atoms with Crippen molar-refractivity contribution in [2.75, 3.05) is 0 Å². The first-order valence-electron chi connectivity index (χ1n) is 4.96. The van der Waals surface area contributed by atoms with Crippen LogP contribution in [0, 0.1) is 5.92 Å². The summed E-state index contributed by atoms with van der Waals surface area (Å²) in [5, 5.41) is 0.254. The molecule has 0 saturated heterocycles. The van der Waals surface area contributed by atoms with E-state index in [-0.39, 0.29) is 5.38 Å². The number of rotatable bonds is 4. The molecule has 0 spiro atoms. The van der Waals surface area contributed by atoms with Crippen molar-refractivity contribution < 1.29 is 0 Å². The highest BCUT2D eigenvalue weighted by Gasteiger charge is 2.08. The molecule has 0 radical (unpaired) electrons. The average molecular weight is 276 g/mol. The molecular formula is C12H16BrCl. The Balaban J connectivity index is 2.51. The van der Waals surface area contributed by atoms with Gasteiger partial charge >= 0.3 is 0 Å². The van der Waals surface area contributed by atoms with Crippen LogP contribution in [0.15, 0.2) is 28.7 Å². The molecule has 0 bridgehead atoms. The molecule has 1 aromatic rings. The zero-order chi connectivity index (χ0) is 10.6. The molecule has 0 aromatic heterocycles. The highest BCUT2D eigenvalue weighted by Crippen LogP contribution is 2.18. The minimum Gasteiger partial charge on any atom is -0.123 e. The molecule has 0 amide bonds. The van der Waals surface area contributed by atoms with Crippen LogP contribution in [-0.2, 0) is 6.42 Å². The van der Waals surface area contributed by atoms with Crippen molar-refractivity contribution in [3.8, 4) is 0 Å². The number of hydrogen-bond acceptors (Lipinski definition) is 0. The van der Waals surface area contributed by atoms with Gasteiger partial charge in [0.05, 0.1) is 0 Å². The van der Waals surface area contributed by atoms with Gasteiger partial charge in [-0.3, -0.25) is 0 Å². The zero-order valence-electron chi connectivity index (χ0n) is 8.63. The number of hydrogen-bond donors (Lipinski definition) is 0. The predicted octanol–water partition coefficient (Wildman–Crippen LogP) is 4.65. The zero-order valence-corrected chi connectivity index (χ0v) is 11.0. The fraction of sp³-hybridized carbons (Fsp3) is 0.500. The van der Waals surface area contributed by atoms with E-state index in [1.807, 2.05) is 6.07 Å². The molecule has 0 saturated carbocycles. The van der Waals surface area contributed by atoms with Crippen LogP contribution in [0.5, 0.6) is 0 Å². The van der Waals surface area contributed by atoms with Gasteiger partial charge in [0.1, 0.15) is 0 Å². The lowest BCUT2D eigenvalue weighted by Crippen LogP contribution is -2.06. The summed E-state index contributed by atoms with van der Waals surface area (Å²) >= 11 is 9.71. The lowest BCUT2D eigenvalue weighted by molar-refractivity contribution is 0.561. The second-order valence-corrected chi connectivity index (χ2v) is 5.59. The smallest absolute Gasteiger partial charge is 0.0378 e. The Morgan fingerprint density at radius 2 is 2.07 bits per heavy atom. The van der Waals surface area contributed by atoms with Crippen LogP contribution in [0.25, 0.3) is 0 Å². The average Bonchev–Trinajstić information content (AvgIpc) is 2.01. The van der Waals surface area contributed by atoms with Gasteiger partial charge in [-0.15, -0.1) is 11.6 Å². The lowest BCUT2D eigenvalue weighted by Gasteiger charge is -2.11. The van der Waals surface area contributed by atoms with E-state index in [9.17, 15) is 0 Å². The molecule has 0 heterocycles. The van der Waals surface area contributed by atoms with E-state index >= 15 is 0 Å². The minimum absolute atomic E-state index is 0.254. The van der Waals surface area contributed by atoms with E-state index in [0.717, 1.165) is 17.3 Å². The fourth-order valence-corrected chi connectivity index (χ4v) is 2.50. The largest absolute Gasteiger partial charge is 0.123 e. The van der Waals surface area contributed by atoms with Crippen molar-refractivity contribution in [1.29, 1.82) is 0 Å². The van der Waals surface area contributed by atoms with E-state index in [1.165, 1.54) is 5.56 Å². The molecule has 0 N–H and O–H groups in total. The van der Waals surface area contributed by atoms with Crippen LogP contribution in [0.2, 0.25) is 0 Å². The molecule has 14 heavy (non-hydrogen) atoms. The molecule has 0 aliphatic carbocycles. The molecule has 0 nitrogen and oxygen atoms in total. The van der Waals surface area contributed by atoms with Crippen LogP contribution in [-0.4, -0.2) is 5.38 Å². The van der Waals surface area contributed by atoms with Crippen LogP contribution in [0.1, 0.15) is 25.8 Å². The third-order valence-corrected chi connectivity index (χ3v) is 2.90. The van der Waals surface area contributed by atoms with Gasteiger partial charge in [-0.05, 0) is 36.5 Å². The van der Waals surface area contributed by atoms with Crippen molar-refractivity contribution in [3.63, 3.8) is 0 Å². The van der Waals surface area contributed by atoms with Crippen LogP contribution in [0.3, 0.4) is 0 Å². The summed E-state index contributed by atoms with van der Waals surface area (Å²) in [5.41, 5.74) is 1.31. The molecule has 78 valence electrons. The second-order valence-electron chi connectivity index (χ2n) is 4.06. The maximum absolute atomic E-state index is 6.25. The first kappa shape index (κ1) is 12.1. The van der Waals surface area contributed by atoms with Gasteiger partial charge in [0.25, 0.3) is 0 Å². The van der Waals surface area contributed by atoms with E-state index in [4.69, 9.17) is 11.6 Å². The maximum Gasteiger partial charge on any atom is 0.0378 e. The summed E-state index contributed by atoms with van der Waals surface area (Å²) in [6.45, 7) is 4.41. The van der Waals surface area contributed by atoms with Crippen LogP contribution < -0.4 is 0 Å². The van der Waals surface area contributed by atoms with Crippen molar-refractivity contribution in [2.45, 2.75) is 32.1 Å². The molecular weight excluding hydrogens is 259 g/mol. The van der Waals surface area contributed by atoms with Gasteiger partial charge in [0.2, 0.25) is 0 Å². The van der Waals surface area contributed by atoms with Crippen molar-refractivity contribution in [1.82, 2.24) is 0 Å². The summed E-state index contributed by atoms with van der Waals surface area (Å²) in [4.78, 5) is 0. The Labute approximate surface area is 99.8 Å². The normalized spacial score (nSPS) is 13.2. The fourth-order valence-electron chi connectivity index (χ4n) is 1.51. The molecule has 0 fully saturated rings. The van der Waals surface area contributed by atoms with Crippen molar-refractivity contribution in [3.05, 3.63) is 34.3 Å². The molecule has 1 rings (SSSR count). The summed E-state index contributed by atoms with van der Waals surface area (Å²) < 4.78 is 1.13. The Bertz CT molecular complexity index is 283. The monoisotopic (exact) mass is 274 g/mol. The Morgan fingerprint density at radius 1 is 1.36 bits per heavy atom. The lowest BCUT2D eigenvalue weighted by atomic mass is 10.0. The SMILES string of the molecule is CC(C)CC(Cl)Cc1cccc(Br)c1. The summed E-state index contributed by atoms with van der Waals surface area (Å²) in [7, 11) is 0. The molecule has 1 atom stereocenters. The van der Waals surface area contributed by atoms with Gasteiger partial charge in [-0.1, -0.05) is 41.9 Å². The first-order valence-corrected chi connectivity index (χ1v) is 6.19. The molecule has 0 aliphatic rings. The number of benzene rings is 1. The number of alkyl halides is 1. The Morgan fingerprint density at radius 3 is 2.64 bits per heavy atom. The number of halogens is 2. The molecule has 0 aliphatic heterocycles. The molecule has 1 aromatic carbocycles. The molecule has 2 heteroatoms. The quantitative estimate of drug-likeness (QED) is 0.702. The molecule has 1 unspecified atom stereocenters. The summed E-state index contributed by atoms with van der Waals surface area (Å²) in [6.07, 6.45) is 2.03. The van der Waals surface area contributed by atoms with E-state index in [0.29, 0.717) is 5.92 Å². The maximum atomic E-state index is 6.25. The minimum atomic E-state index is 0.254. The predicted molar refractivity (Wildman–Crippen MR) is 66.9 cm³/mol. The van der Waals surface area contributed by atoms with Crippen LogP contribution in [0.4, 0.5) is 0 Å². The van der Waals surface area contributed by atoms with Gasteiger partial charge in [-0.25, -0.2) is 0 Å². The van der Waals surface area contributed by atoms with E-state index < -0.39 is 0 Å². The highest BCUT2D eigenvalue weighted by atomic mass is 79.9. The van der Waals surface area contributed by atoms with Crippen molar-refractivity contribution in [2.24, 2.45) is 5.92 Å². The summed E-state index contributed by atoms with van der Waals surface area (Å²) in [6, 6.07) is 8.35. The topological polar surface area (TPSA) is 0 Å². The third kappa shape index (κ3) is 4.47. The van der Waals surface area contributed by atoms with Gasteiger partial charge in [-0.2, -0.15) is 0 Å². The highest BCUT2D eigenvalue weighted by molar-refractivity contribution is 9.10. The van der Waals surface area contributed by atoms with Crippen LogP contribution >= 0.6 is 27.5 Å². The van der Waals surface area contributed by atoms with E-state index in [1.54, 1.807) is 0 Å². The Kier molecular flexibility index (Phi) is 4.97. The Hall–Kier alpha value is -0.0100. The van der Waals surface area contributed by atoms with Gasteiger partial charge in [0.15, 0.2) is 0 Å². The standard InChI is InChI=1S/C12H16BrCl/c1-9(2)6-12(14)8-10-4-3-5-11(13)7-10/h3-5,7,9,12H,6,8H2,1-2H3. The summed E-state index contributed by atoms with van der Waals surface area (Å²) in [5.74, 6) is 0.671. The second kappa shape index (κ2) is 5.77. The van der Waals surface area contributed by atoms with E-state index in [2.05, 4.69) is 48.0 Å². The van der Waals surface area contributed by atoms with Gasteiger partial charge in [0, 0.05) is 9.85 Å².